The quantitative estimate of drug-likeness (QED) is 0.919. The maximum absolute atomic E-state index is 13.0. The molecular formula is C14H16FN3O. The molecule has 2 rings (SSSR count). The maximum atomic E-state index is 13.0. The van der Waals surface area contributed by atoms with Crippen LogP contribution in [0.4, 0.5) is 10.2 Å². The van der Waals surface area contributed by atoms with Crippen molar-refractivity contribution >= 4 is 5.82 Å². The molecule has 0 amide bonds. The zero-order valence-corrected chi connectivity index (χ0v) is 11.1. The zero-order valence-electron chi connectivity index (χ0n) is 11.1. The first kappa shape index (κ1) is 13.3. The molecule has 0 aliphatic heterocycles. The second-order valence-corrected chi connectivity index (χ2v) is 4.66. The molecule has 5 heteroatoms. The molecule has 0 saturated carbocycles. The van der Waals surface area contributed by atoms with E-state index in [0.717, 1.165) is 0 Å². The normalized spacial score (nSPS) is 10.8. The topological polar surface area (TPSA) is 61.0 Å². The molecule has 0 unspecified atom stereocenters. The van der Waals surface area contributed by atoms with E-state index in [-0.39, 0.29) is 11.7 Å². The van der Waals surface area contributed by atoms with Crippen LogP contribution in [0.15, 0.2) is 24.3 Å². The largest absolute Gasteiger partial charge is 0.439 e. The first-order valence-corrected chi connectivity index (χ1v) is 6.04. The van der Waals surface area contributed by atoms with Crippen molar-refractivity contribution < 1.29 is 9.13 Å². The smallest absolute Gasteiger partial charge is 0.224 e. The average Bonchev–Trinajstić information content (AvgIpc) is 2.32. The third-order valence-electron chi connectivity index (χ3n) is 2.61. The Morgan fingerprint density at radius 3 is 2.58 bits per heavy atom. The molecule has 2 N–H and O–H groups in total. The van der Waals surface area contributed by atoms with E-state index in [0.29, 0.717) is 28.8 Å². The van der Waals surface area contributed by atoms with E-state index in [2.05, 4.69) is 9.97 Å². The summed E-state index contributed by atoms with van der Waals surface area (Å²) in [5.74, 6) is 1.75. The Morgan fingerprint density at radius 2 is 1.95 bits per heavy atom. The van der Waals surface area contributed by atoms with Crippen molar-refractivity contribution in [1.82, 2.24) is 9.97 Å². The van der Waals surface area contributed by atoms with Gasteiger partial charge in [0, 0.05) is 12.0 Å². The summed E-state index contributed by atoms with van der Waals surface area (Å²) in [7, 11) is 0. The number of nitrogen functional groups attached to an aromatic ring is 1. The highest BCUT2D eigenvalue weighted by Crippen LogP contribution is 2.26. The summed E-state index contributed by atoms with van der Waals surface area (Å²) in [5.41, 5.74) is 6.42. The van der Waals surface area contributed by atoms with Gasteiger partial charge in [-0.05, 0) is 30.7 Å². The highest BCUT2D eigenvalue weighted by atomic mass is 19.1. The fraction of sp³-hybridized carbons (Fsp3) is 0.286. The van der Waals surface area contributed by atoms with Crippen molar-refractivity contribution in [3.63, 3.8) is 0 Å². The Kier molecular flexibility index (Phi) is 3.64. The zero-order chi connectivity index (χ0) is 14.0. The second kappa shape index (κ2) is 5.22. The molecule has 0 atom stereocenters. The molecule has 0 spiro atoms. The molecule has 0 bridgehead atoms. The van der Waals surface area contributed by atoms with E-state index in [1.807, 2.05) is 13.8 Å². The first-order valence-electron chi connectivity index (χ1n) is 6.04. The summed E-state index contributed by atoms with van der Waals surface area (Å²) in [4.78, 5) is 8.42. The van der Waals surface area contributed by atoms with E-state index < -0.39 is 0 Å². The van der Waals surface area contributed by atoms with Crippen molar-refractivity contribution in [3.05, 3.63) is 41.5 Å². The van der Waals surface area contributed by atoms with Crippen LogP contribution in [0, 0.1) is 12.7 Å². The van der Waals surface area contributed by atoms with Crippen LogP contribution in [-0.4, -0.2) is 9.97 Å². The summed E-state index contributed by atoms with van der Waals surface area (Å²) in [5, 5.41) is 0. The molecule has 1 aromatic heterocycles. The van der Waals surface area contributed by atoms with Crippen LogP contribution in [0.2, 0.25) is 0 Å². The Bertz CT molecular complexity index is 599. The van der Waals surface area contributed by atoms with Crippen LogP contribution in [0.25, 0.3) is 0 Å². The van der Waals surface area contributed by atoms with Crippen molar-refractivity contribution in [2.75, 3.05) is 5.73 Å². The number of benzene rings is 1. The van der Waals surface area contributed by atoms with Crippen LogP contribution < -0.4 is 10.5 Å². The SMILES string of the molecule is Cc1cc(F)ccc1Oc1cc(N)nc(C(C)C)n1. The highest BCUT2D eigenvalue weighted by Gasteiger charge is 2.09. The van der Waals surface area contributed by atoms with E-state index in [4.69, 9.17) is 10.5 Å². The van der Waals surface area contributed by atoms with Gasteiger partial charge in [-0.2, -0.15) is 4.98 Å². The van der Waals surface area contributed by atoms with Gasteiger partial charge in [-0.15, -0.1) is 0 Å². The number of aryl methyl sites for hydroxylation is 1. The lowest BCUT2D eigenvalue weighted by Gasteiger charge is -2.10. The van der Waals surface area contributed by atoms with Gasteiger partial charge in [0.05, 0.1) is 0 Å². The third-order valence-corrected chi connectivity index (χ3v) is 2.61. The highest BCUT2D eigenvalue weighted by molar-refractivity contribution is 5.39. The van der Waals surface area contributed by atoms with Gasteiger partial charge in [0.15, 0.2) is 0 Å². The molecule has 1 aromatic carbocycles. The van der Waals surface area contributed by atoms with Crippen LogP contribution in [-0.2, 0) is 0 Å². The number of hydrogen-bond donors (Lipinski definition) is 1. The first-order chi connectivity index (χ1) is 8.95. The standard InChI is InChI=1S/C14H16FN3O/c1-8(2)14-17-12(16)7-13(18-14)19-11-5-4-10(15)6-9(11)3/h4-8H,1-3H3,(H2,16,17,18). The molecule has 2 aromatic rings. The van der Waals surface area contributed by atoms with Crippen molar-refractivity contribution in [1.29, 1.82) is 0 Å². The summed E-state index contributed by atoms with van der Waals surface area (Å²) in [6.45, 7) is 5.72. The van der Waals surface area contributed by atoms with Gasteiger partial charge in [0.2, 0.25) is 5.88 Å². The van der Waals surface area contributed by atoms with E-state index in [1.54, 1.807) is 19.1 Å². The summed E-state index contributed by atoms with van der Waals surface area (Å²) in [6, 6.07) is 5.87. The average molecular weight is 261 g/mol. The number of hydrogen-bond acceptors (Lipinski definition) is 4. The van der Waals surface area contributed by atoms with Gasteiger partial charge in [-0.25, -0.2) is 9.37 Å². The third kappa shape index (κ3) is 3.19. The Hall–Kier alpha value is -2.17. The van der Waals surface area contributed by atoms with Gasteiger partial charge >= 0.3 is 0 Å². The number of aromatic nitrogens is 2. The number of anilines is 1. The van der Waals surface area contributed by atoms with Crippen LogP contribution >= 0.6 is 0 Å². The van der Waals surface area contributed by atoms with Crippen LogP contribution in [0.1, 0.15) is 31.2 Å². The predicted molar refractivity (Wildman–Crippen MR) is 71.7 cm³/mol. The Morgan fingerprint density at radius 1 is 1.21 bits per heavy atom. The maximum Gasteiger partial charge on any atom is 0.224 e. The molecule has 0 aliphatic carbocycles. The molecule has 4 nitrogen and oxygen atoms in total. The molecule has 19 heavy (non-hydrogen) atoms. The lowest BCUT2D eigenvalue weighted by atomic mass is 10.2. The van der Waals surface area contributed by atoms with E-state index in [1.165, 1.54) is 12.1 Å². The molecule has 1 heterocycles. The van der Waals surface area contributed by atoms with Gasteiger partial charge in [-0.1, -0.05) is 13.8 Å². The lowest BCUT2D eigenvalue weighted by Crippen LogP contribution is -2.03. The van der Waals surface area contributed by atoms with Gasteiger partial charge < -0.3 is 10.5 Å². The fourth-order valence-corrected chi connectivity index (χ4v) is 1.61. The number of nitrogens with two attached hydrogens (primary N) is 1. The van der Waals surface area contributed by atoms with Gasteiger partial charge in [0.1, 0.15) is 23.2 Å². The monoisotopic (exact) mass is 261 g/mol. The van der Waals surface area contributed by atoms with Crippen molar-refractivity contribution in [2.45, 2.75) is 26.7 Å². The molecular weight excluding hydrogens is 245 g/mol. The minimum Gasteiger partial charge on any atom is -0.439 e. The molecule has 0 radical (unpaired) electrons. The molecule has 0 aliphatic rings. The minimum absolute atomic E-state index is 0.153. The summed E-state index contributed by atoms with van der Waals surface area (Å²) in [6.07, 6.45) is 0. The number of nitrogens with zero attached hydrogens (tertiary/aromatic N) is 2. The van der Waals surface area contributed by atoms with Gasteiger partial charge in [0.25, 0.3) is 0 Å². The van der Waals surface area contributed by atoms with Crippen LogP contribution in [0.3, 0.4) is 0 Å². The Balaban J connectivity index is 2.32. The summed E-state index contributed by atoms with van der Waals surface area (Å²) >= 11 is 0. The van der Waals surface area contributed by atoms with E-state index >= 15 is 0 Å². The minimum atomic E-state index is -0.296. The van der Waals surface area contributed by atoms with Crippen molar-refractivity contribution in [3.8, 4) is 11.6 Å². The van der Waals surface area contributed by atoms with Gasteiger partial charge in [-0.3, -0.25) is 0 Å². The number of halogens is 1. The Labute approximate surface area is 111 Å². The van der Waals surface area contributed by atoms with E-state index in [9.17, 15) is 4.39 Å². The lowest BCUT2D eigenvalue weighted by molar-refractivity contribution is 0.452. The fourth-order valence-electron chi connectivity index (χ4n) is 1.61. The summed E-state index contributed by atoms with van der Waals surface area (Å²) < 4.78 is 18.7. The number of rotatable bonds is 3. The second-order valence-electron chi connectivity index (χ2n) is 4.66. The van der Waals surface area contributed by atoms with Crippen molar-refractivity contribution in [2.24, 2.45) is 0 Å². The number of ether oxygens (including phenoxy) is 1. The van der Waals surface area contributed by atoms with Crippen LogP contribution in [0.5, 0.6) is 11.6 Å². The predicted octanol–water partition coefficient (Wildman–Crippen LogP) is 3.42. The molecule has 0 saturated heterocycles. The molecule has 0 fully saturated rings. The molecule has 100 valence electrons.